The molecule has 108 valence electrons. The molecular formula is C16H15ClN2O2. The van der Waals surface area contributed by atoms with E-state index < -0.39 is 0 Å². The van der Waals surface area contributed by atoms with E-state index in [0.717, 1.165) is 28.2 Å². The predicted molar refractivity (Wildman–Crippen MR) is 84.2 cm³/mol. The summed E-state index contributed by atoms with van der Waals surface area (Å²) in [6.45, 7) is 0.575. The molecule has 0 unspecified atom stereocenters. The van der Waals surface area contributed by atoms with Crippen LogP contribution < -0.4 is 10.4 Å². The van der Waals surface area contributed by atoms with E-state index in [1.165, 1.54) is 5.56 Å². The van der Waals surface area contributed by atoms with E-state index >= 15 is 0 Å². The Balaban J connectivity index is 1.69. The van der Waals surface area contributed by atoms with Crippen molar-refractivity contribution >= 4 is 22.6 Å². The summed E-state index contributed by atoms with van der Waals surface area (Å²) in [5.41, 5.74) is 2.70. The number of benzene rings is 2. The molecule has 21 heavy (non-hydrogen) atoms. The monoisotopic (exact) mass is 302 g/mol. The molecule has 0 bridgehead atoms. The second kappa shape index (κ2) is 5.66. The highest BCUT2D eigenvalue weighted by molar-refractivity contribution is 6.30. The van der Waals surface area contributed by atoms with Gasteiger partial charge in [0, 0.05) is 24.6 Å². The van der Waals surface area contributed by atoms with Crippen molar-refractivity contribution in [1.29, 1.82) is 0 Å². The summed E-state index contributed by atoms with van der Waals surface area (Å²) in [4.78, 5) is 14.3. The zero-order valence-corrected chi connectivity index (χ0v) is 12.4. The van der Waals surface area contributed by atoms with Crippen LogP contribution in [0, 0.1) is 0 Å². The SMILES string of the molecule is Cn1c(=O)[nH]c2ccc(OCCc3ccc(Cl)cc3)cc21. The summed E-state index contributed by atoms with van der Waals surface area (Å²) in [5, 5.41) is 0.735. The van der Waals surface area contributed by atoms with Gasteiger partial charge in [0.05, 0.1) is 17.6 Å². The fourth-order valence-electron chi connectivity index (χ4n) is 2.23. The lowest BCUT2D eigenvalue weighted by Crippen LogP contribution is -2.11. The molecule has 2 aromatic carbocycles. The average Bonchev–Trinajstić information content (AvgIpc) is 2.77. The minimum absolute atomic E-state index is 0.122. The maximum atomic E-state index is 11.5. The molecule has 0 saturated heterocycles. The van der Waals surface area contributed by atoms with E-state index in [1.807, 2.05) is 42.5 Å². The number of halogens is 1. The molecule has 0 radical (unpaired) electrons. The first-order valence-corrected chi connectivity index (χ1v) is 7.07. The van der Waals surface area contributed by atoms with Gasteiger partial charge in [-0.2, -0.15) is 0 Å². The fourth-order valence-corrected chi connectivity index (χ4v) is 2.36. The van der Waals surface area contributed by atoms with Crippen LogP contribution in [-0.4, -0.2) is 16.2 Å². The van der Waals surface area contributed by atoms with Gasteiger partial charge in [-0.1, -0.05) is 23.7 Å². The Labute approximate surface area is 126 Å². The third-order valence-corrected chi connectivity index (χ3v) is 3.70. The summed E-state index contributed by atoms with van der Waals surface area (Å²) in [6, 6.07) is 13.3. The lowest BCUT2D eigenvalue weighted by molar-refractivity contribution is 0.322. The highest BCUT2D eigenvalue weighted by atomic mass is 35.5. The van der Waals surface area contributed by atoms with Gasteiger partial charge in [0.15, 0.2) is 0 Å². The van der Waals surface area contributed by atoms with Crippen molar-refractivity contribution in [3.63, 3.8) is 0 Å². The number of H-pyrrole nitrogens is 1. The number of aryl methyl sites for hydroxylation is 1. The molecule has 0 aliphatic heterocycles. The number of aromatic nitrogens is 2. The van der Waals surface area contributed by atoms with E-state index in [0.29, 0.717) is 6.61 Å². The zero-order valence-electron chi connectivity index (χ0n) is 11.6. The molecule has 5 heteroatoms. The Morgan fingerprint density at radius 2 is 1.95 bits per heavy atom. The van der Waals surface area contributed by atoms with Crippen LogP contribution in [0.4, 0.5) is 0 Å². The van der Waals surface area contributed by atoms with E-state index in [2.05, 4.69) is 4.98 Å². The normalized spacial score (nSPS) is 11.0. The zero-order chi connectivity index (χ0) is 14.8. The largest absolute Gasteiger partial charge is 0.493 e. The minimum atomic E-state index is -0.122. The lowest BCUT2D eigenvalue weighted by Gasteiger charge is -2.07. The van der Waals surface area contributed by atoms with Crippen molar-refractivity contribution in [2.75, 3.05) is 6.61 Å². The Morgan fingerprint density at radius 1 is 1.19 bits per heavy atom. The molecule has 0 fully saturated rings. The van der Waals surface area contributed by atoms with E-state index in [4.69, 9.17) is 16.3 Å². The second-order valence-corrected chi connectivity index (χ2v) is 5.33. The minimum Gasteiger partial charge on any atom is -0.493 e. The molecule has 1 heterocycles. The summed E-state index contributed by atoms with van der Waals surface area (Å²) in [7, 11) is 1.73. The average molecular weight is 303 g/mol. The van der Waals surface area contributed by atoms with Gasteiger partial charge in [0.2, 0.25) is 0 Å². The Morgan fingerprint density at radius 3 is 2.71 bits per heavy atom. The predicted octanol–water partition coefficient (Wildman–Crippen LogP) is 3.14. The molecule has 0 aliphatic rings. The number of rotatable bonds is 4. The Kier molecular flexibility index (Phi) is 3.71. The van der Waals surface area contributed by atoms with Crippen molar-refractivity contribution in [1.82, 2.24) is 9.55 Å². The standard InChI is InChI=1S/C16H15ClN2O2/c1-19-15-10-13(6-7-14(15)18-16(19)20)21-9-8-11-2-4-12(17)5-3-11/h2-7,10H,8-9H2,1H3,(H,18,20). The number of hydrogen-bond donors (Lipinski definition) is 1. The second-order valence-electron chi connectivity index (χ2n) is 4.89. The van der Waals surface area contributed by atoms with Crippen LogP contribution in [-0.2, 0) is 13.5 Å². The summed E-state index contributed by atoms with van der Waals surface area (Å²) in [5.74, 6) is 0.756. The highest BCUT2D eigenvalue weighted by Gasteiger charge is 2.04. The molecule has 3 aromatic rings. The van der Waals surface area contributed by atoms with Crippen molar-refractivity contribution < 1.29 is 4.74 Å². The molecule has 0 saturated carbocycles. The number of nitrogens with zero attached hydrogens (tertiary/aromatic N) is 1. The summed E-state index contributed by atoms with van der Waals surface area (Å²) in [6.07, 6.45) is 0.807. The van der Waals surface area contributed by atoms with Crippen LogP contribution in [0.15, 0.2) is 47.3 Å². The van der Waals surface area contributed by atoms with E-state index in [9.17, 15) is 4.79 Å². The maximum absolute atomic E-state index is 11.5. The number of nitrogens with one attached hydrogen (secondary N) is 1. The van der Waals surface area contributed by atoms with Crippen LogP contribution in [0.2, 0.25) is 5.02 Å². The third-order valence-electron chi connectivity index (χ3n) is 3.45. The van der Waals surface area contributed by atoms with Crippen molar-refractivity contribution in [3.8, 4) is 5.75 Å². The highest BCUT2D eigenvalue weighted by Crippen LogP contribution is 2.18. The van der Waals surface area contributed by atoms with Crippen LogP contribution in [0.5, 0.6) is 5.75 Å². The lowest BCUT2D eigenvalue weighted by atomic mass is 10.2. The Bertz CT molecular complexity index is 818. The van der Waals surface area contributed by atoms with Crippen LogP contribution in [0.1, 0.15) is 5.56 Å². The third kappa shape index (κ3) is 2.95. The topological polar surface area (TPSA) is 47.0 Å². The number of ether oxygens (including phenoxy) is 1. The molecular weight excluding hydrogens is 288 g/mol. The number of aromatic amines is 1. The van der Waals surface area contributed by atoms with Crippen LogP contribution in [0.25, 0.3) is 11.0 Å². The molecule has 0 aliphatic carbocycles. The van der Waals surface area contributed by atoms with Crippen molar-refractivity contribution in [3.05, 3.63) is 63.5 Å². The van der Waals surface area contributed by atoms with Gasteiger partial charge in [0.1, 0.15) is 5.75 Å². The molecule has 1 aromatic heterocycles. The molecule has 1 N–H and O–H groups in total. The quantitative estimate of drug-likeness (QED) is 0.805. The first-order valence-electron chi connectivity index (χ1n) is 6.69. The van der Waals surface area contributed by atoms with Gasteiger partial charge < -0.3 is 9.72 Å². The smallest absolute Gasteiger partial charge is 0.326 e. The van der Waals surface area contributed by atoms with E-state index in [1.54, 1.807) is 11.6 Å². The van der Waals surface area contributed by atoms with Gasteiger partial charge >= 0.3 is 5.69 Å². The first-order chi connectivity index (χ1) is 10.1. The van der Waals surface area contributed by atoms with Crippen molar-refractivity contribution in [2.45, 2.75) is 6.42 Å². The van der Waals surface area contributed by atoms with Gasteiger partial charge in [-0.05, 0) is 29.8 Å². The van der Waals surface area contributed by atoms with Crippen LogP contribution >= 0.6 is 11.6 Å². The van der Waals surface area contributed by atoms with E-state index in [-0.39, 0.29) is 5.69 Å². The molecule has 0 spiro atoms. The first kappa shape index (κ1) is 13.8. The number of hydrogen-bond acceptors (Lipinski definition) is 2. The molecule has 3 rings (SSSR count). The fraction of sp³-hybridized carbons (Fsp3) is 0.188. The number of imidazole rings is 1. The summed E-state index contributed by atoms with van der Waals surface area (Å²) >= 11 is 5.85. The van der Waals surface area contributed by atoms with Gasteiger partial charge in [0.25, 0.3) is 0 Å². The maximum Gasteiger partial charge on any atom is 0.326 e. The van der Waals surface area contributed by atoms with Gasteiger partial charge in [-0.3, -0.25) is 4.57 Å². The van der Waals surface area contributed by atoms with Crippen LogP contribution in [0.3, 0.4) is 0 Å². The van der Waals surface area contributed by atoms with Gasteiger partial charge in [-0.25, -0.2) is 4.79 Å². The van der Waals surface area contributed by atoms with Gasteiger partial charge in [-0.15, -0.1) is 0 Å². The number of fused-ring (bicyclic) bond motifs is 1. The molecule has 4 nitrogen and oxygen atoms in total. The molecule has 0 amide bonds. The Hall–Kier alpha value is -2.20. The molecule has 0 atom stereocenters. The summed E-state index contributed by atoms with van der Waals surface area (Å²) < 4.78 is 7.32. The van der Waals surface area contributed by atoms with Crippen molar-refractivity contribution in [2.24, 2.45) is 7.05 Å².